The zero-order valence-electron chi connectivity index (χ0n) is 12.8. The van der Waals surface area contributed by atoms with E-state index in [9.17, 15) is 4.39 Å². The van der Waals surface area contributed by atoms with Gasteiger partial charge in [-0.2, -0.15) is 0 Å². The predicted molar refractivity (Wildman–Crippen MR) is 88.4 cm³/mol. The maximum Gasteiger partial charge on any atom is 0.186 e. The Labute approximate surface area is 134 Å². The molecule has 0 saturated heterocycles. The summed E-state index contributed by atoms with van der Waals surface area (Å²) in [7, 11) is 0. The van der Waals surface area contributed by atoms with Gasteiger partial charge in [0.25, 0.3) is 0 Å². The number of benzene rings is 1. The maximum absolute atomic E-state index is 14.1. The first kappa shape index (κ1) is 15.1. The van der Waals surface area contributed by atoms with E-state index in [4.69, 9.17) is 0 Å². The zero-order chi connectivity index (χ0) is 16.1. The Balaban J connectivity index is 1.77. The van der Waals surface area contributed by atoms with Crippen molar-refractivity contribution in [2.24, 2.45) is 0 Å². The van der Waals surface area contributed by atoms with Gasteiger partial charge >= 0.3 is 0 Å². The fourth-order valence-corrected chi connectivity index (χ4v) is 2.34. The average molecular weight is 308 g/mol. The van der Waals surface area contributed by atoms with E-state index in [-0.39, 0.29) is 11.6 Å². The molecule has 3 rings (SSSR count). The Bertz CT molecular complexity index is 790. The summed E-state index contributed by atoms with van der Waals surface area (Å²) in [4.78, 5) is 12.2. The van der Waals surface area contributed by atoms with Crippen LogP contribution in [0.3, 0.4) is 0 Å². The average Bonchev–Trinajstić information content (AvgIpc) is 2.62. The molecular formula is C18H17FN4. The van der Waals surface area contributed by atoms with Crippen LogP contribution in [-0.4, -0.2) is 15.0 Å². The summed E-state index contributed by atoms with van der Waals surface area (Å²) in [5.41, 5.74) is 3.40. The summed E-state index contributed by atoms with van der Waals surface area (Å²) in [6, 6.07) is 13.8. The summed E-state index contributed by atoms with van der Waals surface area (Å²) in [5, 5.41) is 3.04. The molecule has 4 nitrogen and oxygen atoms in total. The van der Waals surface area contributed by atoms with Gasteiger partial charge < -0.3 is 5.32 Å². The second kappa shape index (κ2) is 6.96. The molecule has 0 aliphatic rings. The molecule has 2 heterocycles. The van der Waals surface area contributed by atoms with Gasteiger partial charge in [-0.25, -0.2) is 14.4 Å². The molecule has 0 unspecified atom stereocenters. The van der Waals surface area contributed by atoms with Gasteiger partial charge in [-0.05, 0) is 30.2 Å². The third kappa shape index (κ3) is 3.51. The van der Waals surface area contributed by atoms with Crippen LogP contribution >= 0.6 is 0 Å². The second-order valence-electron chi connectivity index (χ2n) is 5.11. The van der Waals surface area contributed by atoms with Gasteiger partial charge in [-0.1, -0.05) is 31.2 Å². The van der Waals surface area contributed by atoms with Crippen LogP contribution in [0.5, 0.6) is 0 Å². The van der Waals surface area contributed by atoms with E-state index < -0.39 is 0 Å². The Kier molecular flexibility index (Phi) is 4.57. The van der Waals surface area contributed by atoms with Crippen molar-refractivity contribution in [1.82, 2.24) is 15.0 Å². The number of halogens is 1. The van der Waals surface area contributed by atoms with Gasteiger partial charge in [0.05, 0.1) is 11.4 Å². The fraction of sp³-hybridized carbons (Fsp3) is 0.167. The molecule has 5 heteroatoms. The first-order chi connectivity index (χ1) is 11.3. The third-order valence-corrected chi connectivity index (χ3v) is 3.54. The quantitative estimate of drug-likeness (QED) is 0.778. The summed E-state index contributed by atoms with van der Waals surface area (Å²) in [6.45, 7) is 2.35. The monoisotopic (exact) mass is 308 g/mol. The highest BCUT2D eigenvalue weighted by Crippen LogP contribution is 2.19. The first-order valence-electron chi connectivity index (χ1n) is 7.51. The molecule has 1 aromatic carbocycles. The summed E-state index contributed by atoms with van der Waals surface area (Å²) in [6.07, 6.45) is 3.69. The van der Waals surface area contributed by atoms with Crippen molar-refractivity contribution < 1.29 is 4.39 Å². The van der Waals surface area contributed by atoms with Crippen LogP contribution in [0.4, 0.5) is 10.2 Å². The minimum atomic E-state index is -0.379. The normalized spacial score (nSPS) is 10.5. The molecule has 0 amide bonds. The molecule has 0 bridgehead atoms. The number of anilines is 1. The number of nitrogens with zero attached hydrogens (tertiary/aromatic N) is 3. The largest absolute Gasteiger partial charge is 0.363 e. The molecule has 0 fully saturated rings. The smallest absolute Gasteiger partial charge is 0.186 e. The number of pyridine rings is 1. The number of aryl methyl sites for hydroxylation is 1. The van der Waals surface area contributed by atoms with Crippen LogP contribution in [0.25, 0.3) is 11.3 Å². The van der Waals surface area contributed by atoms with Gasteiger partial charge in [0.1, 0.15) is 6.33 Å². The molecule has 0 spiro atoms. The van der Waals surface area contributed by atoms with Gasteiger partial charge in [0, 0.05) is 18.3 Å². The van der Waals surface area contributed by atoms with Crippen LogP contribution in [-0.2, 0) is 13.0 Å². The summed E-state index contributed by atoms with van der Waals surface area (Å²) in [5.74, 6) is -0.143. The second-order valence-corrected chi connectivity index (χ2v) is 5.11. The maximum atomic E-state index is 14.1. The van der Waals surface area contributed by atoms with Crippen molar-refractivity contribution in [3.8, 4) is 11.3 Å². The lowest BCUT2D eigenvalue weighted by atomic mass is 10.1. The Morgan fingerprint density at radius 1 is 1.04 bits per heavy atom. The van der Waals surface area contributed by atoms with E-state index in [1.165, 1.54) is 6.33 Å². The van der Waals surface area contributed by atoms with Gasteiger partial charge in [0.2, 0.25) is 0 Å². The lowest BCUT2D eigenvalue weighted by Crippen LogP contribution is -2.06. The highest BCUT2D eigenvalue weighted by molar-refractivity contribution is 5.59. The van der Waals surface area contributed by atoms with Crippen LogP contribution in [0.15, 0.2) is 55.0 Å². The van der Waals surface area contributed by atoms with Crippen molar-refractivity contribution >= 4 is 5.82 Å². The molecule has 116 valence electrons. The van der Waals surface area contributed by atoms with E-state index in [0.29, 0.717) is 18.7 Å². The van der Waals surface area contributed by atoms with E-state index in [1.807, 2.05) is 49.4 Å². The van der Waals surface area contributed by atoms with Gasteiger partial charge in [0.15, 0.2) is 11.6 Å². The zero-order valence-corrected chi connectivity index (χ0v) is 12.8. The fourth-order valence-electron chi connectivity index (χ4n) is 2.34. The Morgan fingerprint density at radius 2 is 1.96 bits per heavy atom. The highest BCUT2D eigenvalue weighted by atomic mass is 19.1. The minimum Gasteiger partial charge on any atom is -0.363 e. The van der Waals surface area contributed by atoms with Gasteiger partial charge in [-0.15, -0.1) is 0 Å². The SMILES string of the molecule is CCc1ncnc(NCc2cccc(-c3ccccn3)c2)c1F. The number of rotatable bonds is 5. The van der Waals surface area contributed by atoms with Crippen molar-refractivity contribution in [1.29, 1.82) is 0 Å². The molecule has 0 atom stereocenters. The molecular weight excluding hydrogens is 291 g/mol. The molecule has 23 heavy (non-hydrogen) atoms. The topological polar surface area (TPSA) is 50.7 Å². The highest BCUT2D eigenvalue weighted by Gasteiger charge is 2.09. The molecule has 1 N–H and O–H groups in total. The summed E-state index contributed by atoms with van der Waals surface area (Å²) >= 11 is 0. The minimum absolute atomic E-state index is 0.236. The van der Waals surface area contributed by atoms with E-state index in [1.54, 1.807) is 6.20 Å². The number of nitrogens with one attached hydrogen (secondary N) is 1. The van der Waals surface area contributed by atoms with Crippen LogP contribution in [0.1, 0.15) is 18.2 Å². The Hall–Kier alpha value is -2.82. The Morgan fingerprint density at radius 3 is 2.74 bits per heavy atom. The third-order valence-electron chi connectivity index (χ3n) is 3.54. The van der Waals surface area contributed by atoms with Crippen LogP contribution in [0, 0.1) is 5.82 Å². The van der Waals surface area contributed by atoms with Crippen molar-refractivity contribution in [3.63, 3.8) is 0 Å². The molecule has 0 saturated carbocycles. The van der Waals surface area contributed by atoms with Crippen molar-refractivity contribution in [2.75, 3.05) is 5.32 Å². The van der Waals surface area contributed by atoms with E-state index in [2.05, 4.69) is 20.3 Å². The molecule has 2 aromatic heterocycles. The summed E-state index contributed by atoms with van der Waals surface area (Å²) < 4.78 is 14.1. The van der Waals surface area contributed by atoms with Crippen molar-refractivity contribution in [3.05, 3.63) is 72.1 Å². The van der Waals surface area contributed by atoms with Crippen LogP contribution < -0.4 is 5.32 Å². The van der Waals surface area contributed by atoms with E-state index >= 15 is 0 Å². The van der Waals surface area contributed by atoms with E-state index in [0.717, 1.165) is 16.8 Å². The first-order valence-corrected chi connectivity index (χ1v) is 7.51. The van der Waals surface area contributed by atoms with Crippen LogP contribution in [0.2, 0.25) is 0 Å². The molecule has 0 aliphatic heterocycles. The number of aromatic nitrogens is 3. The predicted octanol–water partition coefficient (Wildman–Crippen LogP) is 3.85. The van der Waals surface area contributed by atoms with Gasteiger partial charge in [-0.3, -0.25) is 4.98 Å². The molecule has 3 aromatic rings. The molecule has 0 radical (unpaired) electrons. The lowest BCUT2D eigenvalue weighted by Gasteiger charge is -2.09. The number of hydrogen-bond acceptors (Lipinski definition) is 4. The number of hydrogen-bond donors (Lipinski definition) is 1. The lowest BCUT2D eigenvalue weighted by molar-refractivity contribution is 0.596. The standard InChI is InChI=1S/C18H17FN4/c1-2-15-17(19)18(23-12-22-15)21-11-13-6-5-7-14(10-13)16-8-3-4-9-20-16/h3-10,12H,2,11H2,1H3,(H,21,22,23). The van der Waals surface area contributed by atoms with Crippen molar-refractivity contribution in [2.45, 2.75) is 19.9 Å². The molecule has 0 aliphatic carbocycles.